The normalized spacial score (nSPS) is 44.0. The average molecular weight is 833 g/mol. The maximum atomic E-state index is 12.5. The van der Waals surface area contributed by atoms with Gasteiger partial charge in [0.15, 0.2) is 25.2 Å². The van der Waals surface area contributed by atoms with Crippen molar-refractivity contribution in [2.75, 3.05) is 33.0 Å². The molecule has 332 valence electrons. The number of carbonyl (C=O) groups excluding carboxylic acids is 2. The highest BCUT2D eigenvalue weighted by Gasteiger charge is 2.56. The van der Waals surface area contributed by atoms with Gasteiger partial charge in [-0.25, -0.2) is 0 Å². The van der Waals surface area contributed by atoms with Gasteiger partial charge in [-0.15, -0.1) is 0 Å². The molecule has 23 nitrogen and oxygen atoms in total. The molecule has 0 spiro atoms. The van der Waals surface area contributed by atoms with Crippen molar-refractivity contribution in [1.29, 1.82) is 0 Å². The second-order valence-corrected chi connectivity index (χ2v) is 14.5. The van der Waals surface area contributed by atoms with Gasteiger partial charge in [-0.1, -0.05) is 26.2 Å². The van der Waals surface area contributed by atoms with E-state index >= 15 is 0 Å². The summed E-state index contributed by atoms with van der Waals surface area (Å²) in [4.78, 5) is 24.6. The summed E-state index contributed by atoms with van der Waals surface area (Å²) in [5.74, 6) is -1.31. The lowest BCUT2D eigenvalue weighted by molar-refractivity contribution is -0.377. The van der Waals surface area contributed by atoms with E-state index in [4.69, 9.17) is 37.9 Å². The molecule has 4 aliphatic heterocycles. The predicted molar refractivity (Wildman–Crippen MR) is 185 cm³/mol. The fourth-order valence-corrected chi connectivity index (χ4v) is 7.20. The van der Waals surface area contributed by atoms with Crippen molar-refractivity contribution in [3.8, 4) is 0 Å². The van der Waals surface area contributed by atoms with Crippen molar-refractivity contribution >= 4 is 11.8 Å². The Kier molecular flexibility index (Phi) is 18.6. The standard InChI is InChI=1S/C34H60N2O21/c1-4-5-6-7-8-50-31-19(35-13(2)41)24(46)28(18(12-40)54-31)55-34-27(49)30(23(45)17(11-39)53-34)57-32-20(36-14(3)42)29(22(44)16(10-38)51-32)56-33-26(48)25(47)21(43)15(9-37)52-33/h15-34,37-40,43-49H,4-12H2,1-3H3,(H,35,41)(H,36,42)/t15-,16-,17-,18-,19-,20-,21+,22-,23+,24-,25+,26-,27-,28-,29-,30+,31-,32+,33+,34+/m1/s1. The van der Waals surface area contributed by atoms with E-state index in [0.29, 0.717) is 6.42 Å². The molecule has 0 saturated carbocycles. The van der Waals surface area contributed by atoms with Gasteiger partial charge in [-0.2, -0.15) is 0 Å². The number of carbonyl (C=O) groups is 2. The number of aliphatic hydroxyl groups is 11. The van der Waals surface area contributed by atoms with Crippen molar-refractivity contribution in [1.82, 2.24) is 10.6 Å². The quantitative estimate of drug-likeness (QED) is 0.0571. The fraction of sp³-hybridized carbons (Fsp3) is 0.941. The van der Waals surface area contributed by atoms with Crippen LogP contribution in [0.15, 0.2) is 0 Å². The van der Waals surface area contributed by atoms with Crippen LogP contribution >= 0.6 is 0 Å². The zero-order valence-corrected chi connectivity index (χ0v) is 31.9. The molecule has 0 aromatic rings. The van der Waals surface area contributed by atoms with Gasteiger partial charge in [0, 0.05) is 20.5 Å². The number of hydrogen-bond donors (Lipinski definition) is 13. The zero-order chi connectivity index (χ0) is 42.1. The van der Waals surface area contributed by atoms with Gasteiger partial charge in [0.2, 0.25) is 11.8 Å². The van der Waals surface area contributed by atoms with E-state index in [1.165, 1.54) is 6.92 Å². The van der Waals surface area contributed by atoms with E-state index in [1.807, 2.05) is 6.92 Å². The van der Waals surface area contributed by atoms with Gasteiger partial charge < -0.3 is 105 Å². The monoisotopic (exact) mass is 832 g/mol. The molecule has 4 aliphatic rings. The van der Waals surface area contributed by atoms with Crippen molar-refractivity contribution in [2.24, 2.45) is 0 Å². The molecule has 13 N–H and O–H groups in total. The minimum Gasteiger partial charge on any atom is -0.394 e. The molecule has 0 aromatic carbocycles. The fourth-order valence-electron chi connectivity index (χ4n) is 7.20. The van der Waals surface area contributed by atoms with Crippen molar-refractivity contribution in [2.45, 2.75) is 169 Å². The van der Waals surface area contributed by atoms with Crippen molar-refractivity contribution in [3.05, 3.63) is 0 Å². The summed E-state index contributed by atoms with van der Waals surface area (Å²) in [6.07, 6.45) is -27.2. The van der Waals surface area contributed by atoms with Crippen LogP contribution in [0.5, 0.6) is 0 Å². The molecule has 0 radical (unpaired) electrons. The third-order valence-electron chi connectivity index (χ3n) is 10.3. The Balaban J connectivity index is 1.59. The van der Waals surface area contributed by atoms with Gasteiger partial charge in [-0.3, -0.25) is 9.59 Å². The largest absolute Gasteiger partial charge is 0.394 e. The smallest absolute Gasteiger partial charge is 0.217 e. The lowest BCUT2D eigenvalue weighted by Gasteiger charge is -2.50. The molecular weight excluding hydrogens is 772 g/mol. The second kappa shape index (κ2) is 22.1. The minimum absolute atomic E-state index is 0.210. The summed E-state index contributed by atoms with van der Waals surface area (Å²) in [6, 6.07) is -2.84. The zero-order valence-electron chi connectivity index (χ0n) is 31.9. The van der Waals surface area contributed by atoms with Crippen LogP contribution in [-0.4, -0.2) is 224 Å². The maximum Gasteiger partial charge on any atom is 0.217 e. The van der Waals surface area contributed by atoms with E-state index in [2.05, 4.69) is 10.6 Å². The predicted octanol–water partition coefficient (Wildman–Crippen LogP) is -6.86. The number of ether oxygens (including phenoxy) is 8. The van der Waals surface area contributed by atoms with Crippen LogP contribution in [0, 0.1) is 0 Å². The Morgan fingerprint density at radius 2 is 0.965 bits per heavy atom. The topological polar surface area (TPSA) is 355 Å². The van der Waals surface area contributed by atoms with Crippen molar-refractivity contribution < 1.29 is 104 Å². The highest BCUT2D eigenvalue weighted by atomic mass is 16.8. The molecule has 4 saturated heterocycles. The maximum absolute atomic E-state index is 12.5. The molecule has 4 heterocycles. The summed E-state index contributed by atoms with van der Waals surface area (Å²) < 4.78 is 46.3. The highest BCUT2D eigenvalue weighted by molar-refractivity contribution is 5.73. The molecular formula is C34H60N2O21. The van der Waals surface area contributed by atoms with Crippen LogP contribution in [0.4, 0.5) is 0 Å². The van der Waals surface area contributed by atoms with Crippen LogP contribution in [-0.2, 0) is 47.5 Å². The summed E-state index contributed by atoms with van der Waals surface area (Å²) in [7, 11) is 0. The number of nitrogens with one attached hydrogen (secondary N) is 2. The van der Waals surface area contributed by atoms with Crippen LogP contribution < -0.4 is 10.6 Å². The molecule has 23 heteroatoms. The van der Waals surface area contributed by atoms with Crippen LogP contribution in [0.1, 0.15) is 46.5 Å². The number of rotatable bonds is 18. The van der Waals surface area contributed by atoms with Crippen LogP contribution in [0.2, 0.25) is 0 Å². The van der Waals surface area contributed by atoms with E-state index in [-0.39, 0.29) is 6.61 Å². The van der Waals surface area contributed by atoms with E-state index in [9.17, 15) is 65.8 Å². The van der Waals surface area contributed by atoms with E-state index in [0.717, 1.165) is 26.2 Å². The molecule has 0 bridgehead atoms. The molecule has 2 amide bonds. The number of unbranched alkanes of at least 4 members (excludes halogenated alkanes) is 3. The second-order valence-electron chi connectivity index (χ2n) is 14.5. The Hall–Kier alpha value is -1.82. The average Bonchev–Trinajstić information content (AvgIpc) is 3.17. The van der Waals surface area contributed by atoms with Gasteiger partial charge >= 0.3 is 0 Å². The van der Waals surface area contributed by atoms with Crippen molar-refractivity contribution in [3.63, 3.8) is 0 Å². The van der Waals surface area contributed by atoms with E-state index < -0.39 is 161 Å². The number of amides is 2. The molecule has 4 fully saturated rings. The number of aliphatic hydroxyl groups excluding tert-OH is 11. The molecule has 20 atom stereocenters. The molecule has 57 heavy (non-hydrogen) atoms. The summed E-state index contributed by atoms with van der Waals surface area (Å²) in [6.45, 7) is 1.18. The Labute approximate surface area is 328 Å². The van der Waals surface area contributed by atoms with Gasteiger partial charge in [-0.05, 0) is 6.42 Å². The first kappa shape index (κ1) is 47.9. The lowest BCUT2D eigenvalue weighted by atomic mass is 9.94. The lowest BCUT2D eigenvalue weighted by Crippen LogP contribution is -2.70. The third kappa shape index (κ3) is 11.5. The molecule has 0 unspecified atom stereocenters. The highest BCUT2D eigenvalue weighted by Crippen LogP contribution is 2.35. The first-order chi connectivity index (χ1) is 27.1. The van der Waals surface area contributed by atoms with Gasteiger partial charge in [0.25, 0.3) is 0 Å². The third-order valence-corrected chi connectivity index (χ3v) is 10.3. The molecule has 4 rings (SSSR count). The van der Waals surface area contributed by atoms with Crippen LogP contribution in [0.25, 0.3) is 0 Å². The molecule has 0 aliphatic carbocycles. The molecule has 0 aromatic heterocycles. The Morgan fingerprint density at radius 3 is 1.53 bits per heavy atom. The Morgan fingerprint density at radius 1 is 0.491 bits per heavy atom. The Bertz CT molecular complexity index is 1240. The summed E-state index contributed by atoms with van der Waals surface area (Å²) in [5.41, 5.74) is 0. The van der Waals surface area contributed by atoms with Crippen LogP contribution in [0.3, 0.4) is 0 Å². The minimum atomic E-state index is -2.02. The van der Waals surface area contributed by atoms with E-state index in [1.54, 1.807) is 0 Å². The SMILES string of the molecule is CCCCCCO[C@@H]1O[C@H](CO)[C@@H](O[C@@H]2O[C@H](CO)[C@H](O)[C@H](O[C@@H]3O[C@H](CO)[C@@H](O)[C@H](O[C@@H]4O[C@H](CO)[C@H](O)[C@H](O)[C@H]4O)[C@H]3NC(C)=O)[C@H]2O)[C@H](O)[C@H]1NC(C)=O. The first-order valence-corrected chi connectivity index (χ1v) is 19.1. The summed E-state index contributed by atoms with van der Waals surface area (Å²) >= 11 is 0. The first-order valence-electron chi connectivity index (χ1n) is 19.1. The van der Waals surface area contributed by atoms with Gasteiger partial charge in [0.1, 0.15) is 97.5 Å². The summed E-state index contributed by atoms with van der Waals surface area (Å²) in [5, 5.41) is 122. The number of hydrogen-bond acceptors (Lipinski definition) is 21. The van der Waals surface area contributed by atoms with Gasteiger partial charge in [0.05, 0.1) is 26.4 Å².